The lowest BCUT2D eigenvalue weighted by Gasteiger charge is -2.16. The molecule has 7 nitrogen and oxygen atoms in total. The van der Waals surface area contributed by atoms with E-state index in [4.69, 9.17) is 5.11 Å². The molecule has 0 aliphatic rings. The van der Waals surface area contributed by atoms with E-state index in [2.05, 4.69) is 0 Å². The summed E-state index contributed by atoms with van der Waals surface area (Å²) in [6.45, 7) is 2.98. The van der Waals surface area contributed by atoms with Gasteiger partial charge in [0.1, 0.15) is 0 Å². The normalized spacial score (nSPS) is 13.2. The van der Waals surface area contributed by atoms with Crippen molar-refractivity contribution in [3.8, 4) is 0 Å². The summed E-state index contributed by atoms with van der Waals surface area (Å²) in [4.78, 5) is 20.6. The molecule has 1 rings (SSSR count). The van der Waals surface area contributed by atoms with Crippen LogP contribution in [0.5, 0.6) is 0 Å². The third-order valence-electron chi connectivity index (χ3n) is 2.56. The van der Waals surface area contributed by atoms with Gasteiger partial charge in [-0.3, -0.25) is 14.9 Å². The molecular formula is C11H13NO6S. The summed E-state index contributed by atoms with van der Waals surface area (Å²) in [6, 6.07) is 4.16. The molecule has 0 radical (unpaired) electrons. The third-order valence-corrected chi connectivity index (χ3v) is 4.90. The lowest BCUT2D eigenvalue weighted by molar-refractivity contribution is -0.384. The van der Waals surface area contributed by atoms with E-state index in [0.717, 1.165) is 24.3 Å². The lowest BCUT2D eigenvalue weighted by Crippen LogP contribution is -2.34. The Balaban J connectivity index is 3.26. The van der Waals surface area contributed by atoms with Crippen LogP contribution in [0.3, 0.4) is 0 Å². The second-order valence-corrected chi connectivity index (χ2v) is 6.37. The van der Waals surface area contributed by atoms with Crippen molar-refractivity contribution in [3.05, 3.63) is 34.4 Å². The molecule has 0 bridgehead atoms. The largest absolute Gasteiger partial charge is 0.480 e. The smallest absolute Gasteiger partial charge is 0.322 e. The van der Waals surface area contributed by atoms with Crippen LogP contribution in [0, 0.1) is 16.0 Å². The lowest BCUT2D eigenvalue weighted by atomic mass is 10.1. The molecule has 104 valence electrons. The second kappa shape index (κ2) is 5.35. The summed E-state index contributed by atoms with van der Waals surface area (Å²) in [6.07, 6.45) is 0. The maximum absolute atomic E-state index is 12.1. The van der Waals surface area contributed by atoms with Gasteiger partial charge in [0.15, 0.2) is 15.1 Å². The quantitative estimate of drug-likeness (QED) is 0.648. The highest BCUT2D eigenvalue weighted by Crippen LogP contribution is 2.23. The van der Waals surface area contributed by atoms with E-state index in [1.54, 1.807) is 0 Å². The van der Waals surface area contributed by atoms with Gasteiger partial charge in [-0.2, -0.15) is 0 Å². The number of nitro groups is 1. The number of hydrogen-bond donors (Lipinski definition) is 1. The van der Waals surface area contributed by atoms with Crippen LogP contribution in [0.1, 0.15) is 13.8 Å². The highest BCUT2D eigenvalue weighted by Gasteiger charge is 2.36. The predicted molar refractivity (Wildman–Crippen MR) is 66.5 cm³/mol. The molecule has 0 saturated heterocycles. The van der Waals surface area contributed by atoms with Crippen LogP contribution in [-0.4, -0.2) is 29.7 Å². The van der Waals surface area contributed by atoms with Crippen molar-refractivity contribution in [1.29, 1.82) is 0 Å². The molecule has 1 atom stereocenters. The summed E-state index contributed by atoms with van der Waals surface area (Å²) in [5, 5.41) is 17.9. The third kappa shape index (κ3) is 3.08. The SMILES string of the molecule is CC(C)C(C(=O)O)S(=O)(=O)c1ccc([N+](=O)[O-])cc1. The number of carboxylic acids is 1. The Morgan fingerprint density at radius 1 is 1.26 bits per heavy atom. The average Bonchev–Trinajstić information content (AvgIpc) is 2.27. The zero-order valence-corrected chi connectivity index (χ0v) is 11.1. The Morgan fingerprint density at radius 3 is 2.05 bits per heavy atom. The molecular weight excluding hydrogens is 274 g/mol. The maximum atomic E-state index is 12.1. The van der Waals surface area contributed by atoms with E-state index >= 15 is 0 Å². The number of carbonyl (C=O) groups is 1. The predicted octanol–water partition coefficient (Wildman–Crippen LogP) is 1.48. The first kappa shape index (κ1) is 15.1. The molecule has 0 amide bonds. The first-order valence-corrected chi connectivity index (χ1v) is 6.93. The summed E-state index contributed by atoms with van der Waals surface area (Å²) >= 11 is 0. The van der Waals surface area contributed by atoms with Crippen LogP contribution < -0.4 is 0 Å². The molecule has 19 heavy (non-hydrogen) atoms. The molecule has 8 heteroatoms. The molecule has 1 unspecified atom stereocenters. The Hall–Kier alpha value is -1.96. The van der Waals surface area contributed by atoms with Gasteiger partial charge in [-0.15, -0.1) is 0 Å². The fourth-order valence-corrected chi connectivity index (χ4v) is 3.47. The number of hydrogen-bond acceptors (Lipinski definition) is 5. The van der Waals surface area contributed by atoms with Crippen LogP contribution >= 0.6 is 0 Å². The number of carboxylic acid groups (broad SMARTS) is 1. The minimum atomic E-state index is -4.06. The number of nitro benzene ring substituents is 1. The molecule has 0 aliphatic heterocycles. The van der Waals surface area contributed by atoms with Gasteiger partial charge in [0.05, 0.1) is 9.82 Å². The molecule has 0 aromatic heterocycles. The monoisotopic (exact) mass is 287 g/mol. The molecule has 0 fully saturated rings. The van der Waals surface area contributed by atoms with Crippen LogP contribution in [-0.2, 0) is 14.6 Å². The van der Waals surface area contributed by atoms with E-state index in [9.17, 15) is 23.3 Å². The Kier molecular flexibility index (Phi) is 4.25. The Morgan fingerprint density at radius 2 is 1.74 bits per heavy atom. The van der Waals surface area contributed by atoms with Crippen molar-refractivity contribution in [3.63, 3.8) is 0 Å². The molecule has 0 spiro atoms. The summed E-state index contributed by atoms with van der Waals surface area (Å²) in [5.41, 5.74) is -0.254. The number of nitrogens with zero attached hydrogens (tertiary/aromatic N) is 1. The number of rotatable bonds is 5. The highest BCUT2D eigenvalue weighted by atomic mass is 32.2. The molecule has 0 heterocycles. The average molecular weight is 287 g/mol. The fraction of sp³-hybridized carbons (Fsp3) is 0.364. The number of non-ortho nitro benzene ring substituents is 1. The van der Waals surface area contributed by atoms with E-state index in [1.165, 1.54) is 13.8 Å². The minimum Gasteiger partial charge on any atom is -0.480 e. The number of sulfone groups is 1. The van der Waals surface area contributed by atoms with E-state index in [-0.39, 0.29) is 10.6 Å². The molecule has 1 aromatic rings. The van der Waals surface area contributed by atoms with Crippen molar-refractivity contribution in [2.75, 3.05) is 0 Å². The zero-order chi connectivity index (χ0) is 14.8. The van der Waals surface area contributed by atoms with E-state index in [1.807, 2.05) is 0 Å². The summed E-state index contributed by atoms with van der Waals surface area (Å²) < 4.78 is 24.3. The molecule has 1 N–H and O–H groups in total. The van der Waals surface area contributed by atoms with E-state index in [0.29, 0.717) is 0 Å². The second-order valence-electron chi connectivity index (χ2n) is 4.30. The Labute approximate surface area is 109 Å². The van der Waals surface area contributed by atoms with Crippen molar-refractivity contribution in [2.24, 2.45) is 5.92 Å². The minimum absolute atomic E-state index is 0.237. The Bertz CT molecular complexity index is 590. The van der Waals surface area contributed by atoms with Gasteiger partial charge in [-0.1, -0.05) is 13.8 Å². The van der Waals surface area contributed by atoms with Gasteiger partial charge >= 0.3 is 5.97 Å². The molecule has 0 aliphatic carbocycles. The first-order chi connectivity index (χ1) is 8.67. The first-order valence-electron chi connectivity index (χ1n) is 5.39. The number of benzene rings is 1. The summed E-state index contributed by atoms with van der Waals surface area (Å²) in [5.74, 6) is -2.05. The van der Waals surface area contributed by atoms with Crippen LogP contribution in [0.4, 0.5) is 5.69 Å². The zero-order valence-electron chi connectivity index (χ0n) is 10.3. The van der Waals surface area contributed by atoms with Gasteiger partial charge in [-0.05, 0) is 18.1 Å². The standard InChI is InChI=1S/C11H13NO6S/c1-7(2)10(11(13)14)19(17,18)9-5-3-8(4-6-9)12(15)16/h3-7,10H,1-2H3,(H,13,14). The van der Waals surface area contributed by atoms with Crippen LogP contribution in [0.2, 0.25) is 0 Å². The van der Waals surface area contributed by atoms with E-state index < -0.39 is 31.9 Å². The van der Waals surface area contributed by atoms with Crippen molar-refractivity contribution < 1.29 is 23.2 Å². The van der Waals surface area contributed by atoms with Gasteiger partial charge in [0.2, 0.25) is 0 Å². The topological polar surface area (TPSA) is 115 Å². The van der Waals surface area contributed by atoms with Crippen LogP contribution in [0.15, 0.2) is 29.2 Å². The molecule has 1 aromatic carbocycles. The maximum Gasteiger partial charge on any atom is 0.322 e. The van der Waals surface area contributed by atoms with Gasteiger partial charge < -0.3 is 5.11 Å². The van der Waals surface area contributed by atoms with Crippen LogP contribution in [0.25, 0.3) is 0 Å². The molecule has 0 saturated carbocycles. The fourth-order valence-electron chi connectivity index (χ4n) is 1.68. The van der Waals surface area contributed by atoms with Crippen molar-refractivity contribution in [2.45, 2.75) is 24.0 Å². The summed E-state index contributed by atoms with van der Waals surface area (Å²) in [7, 11) is -4.06. The van der Waals surface area contributed by atoms with Gasteiger partial charge in [0.25, 0.3) is 5.69 Å². The van der Waals surface area contributed by atoms with Crippen molar-refractivity contribution >= 4 is 21.5 Å². The van der Waals surface area contributed by atoms with Gasteiger partial charge in [-0.25, -0.2) is 8.42 Å². The van der Waals surface area contributed by atoms with Crippen molar-refractivity contribution in [1.82, 2.24) is 0 Å². The number of aliphatic carboxylic acids is 1. The highest BCUT2D eigenvalue weighted by molar-refractivity contribution is 7.92. The van der Waals surface area contributed by atoms with Gasteiger partial charge in [0, 0.05) is 12.1 Å².